The molecule has 0 saturated heterocycles. The normalized spacial score (nSPS) is 10.5. The minimum Gasteiger partial charge on any atom is -0.484 e. The van der Waals surface area contributed by atoms with Crippen molar-refractivity contribution in [2.45, 2.75) is 27.2 Å². The van der Waals surface area contributed by atoms with Crippen LogP contribution < -0.4 is 10.1 Å². The van der Waals surface area contributed by atoms with Gasteiger partial charge in [0.15, 0.2) is 6.61 Å². The van der Waals surface area contributed by atoms with Crippen molar-refractivity contribution >= 4 is 11.6 Å². The number of aryl methyl sites for hydroxylation is 3. The largest absolute Gasteiger partial charge is 0.484 e. The number of benzene rings is 1. The van der Waals surface area contributed by atoms with Gasteiger partial charge in [-0.2, -0.15) is 5.10 Å². The number of anilines is 1. The van der Waals surface area contributed by atoms with Crippen LogP contribution in [0.4, 0.5) is 5.69 Å². The predicted molar refractivity (Wildman–Crippen MR) is 82.6 cm³/mol. The number of ether oxygens (including phenoxy) is 1. The lowest BCUT2D eigenvalue weighted by Crippen LogP contribution is -2.20. The second kappa shape index (κ2) is 6.43. The highest BCUT2D eigenvalue weighted by Crippen LogP contribution is 2.18. The molecule has 1 aromatic carbocycles. The maximum Gasteiger partial charge on any atom is 0.262 e. The summed E-state index contributed by atoms with van der Waals surface area (Å²) >= 11 is 0. The molecule has 21 heavy (non-hydrogen) atoms. The first kappa shape index (κ1) is 15.1. The fraction of sp³-hybridized carbons (Fsp3) is 0.375. The predicted octanol–water partition coefficient (Wildman–Crippen LogP) is 2.62. The minimum absolute atomic E-state index is 0.0146. The molecule has 0 radical (unpaired) electrons. The van der Waals surface area contributed by atoms with Gasteiger partial charge in [0.25, 0.3) is 5.91 Å². The van der Waals surface area contributed by atoms with Gasteiger partial charge in [-0.3, -0.25) is 9.48 Å². The highest BCUT2D eigenvalue weighted by molar-refractivity contribution is 5.93. The van der Waals surface area contributed by atoms with Crippen molar-refractivity contribution in [1.82, 2.24) is 9.78 Å². The number of carbonyl (C=O) groups excluding carboxylic acids is 1. The standard InChI is InChI=1S/C16H21N3O2/c1-5-13-6-8-14(9-7-13)21-10-15(20)17-16-11(2)18-19(4)12(16)3/h6-9H,5,10H2,1-4H3,(H,17,20). The second-order valence-corrected chi connectivity index (χ2v) is 5.00. The Morgan fingerprint density at radius 1 is 1.29 bits per heavy atom. The smallest absolute Gasteiger partial charge is 0.262 e. The van der Waals surface area contributed by atoms with Gasteiger partial charge in [-0.05, 0) is 38.0 Å². The van der Waals surface area contributed by atoms with Crippen LogP contribution >= 0.6 is 0 Å². The third-order valence-electron chi connectivity index (χ3n) is 3.47. The molecular formula is C16H21N3O2. The fourth-order valence-electron chi connectivity index (χ4n) is 2.10. The maximum atomic E-state index is 11.9. The lowest BCUT2D eigenvalue weighted by atomic mass is 10.2. The summed E-state index contributed by atoms with van der Waals surface area (Å²) in [5, 5.41) is 7.11. The fourth-order valence-corrected chi connectivity index (χ4v) is 2.10. The van der Waals surface area contributed by atoms with E-state index in [2.05, 4.69) is 17.3 Å². The molecule has 2 rings (SSSR count). The molecule has 112 valence electrons. The molecule has 0 aliphatic carbocycles. The van der Waals surface area contributed by atoms with Crippen LogP contribution in [0.2, 0.25) is 0 Å². The Kier molecular flexibility index (Phi) is 4.62. The highest BCUT2D eigenvalue weighted by atomic mass is 16.5. The molecule has 0 spiro atoms. The molecule has 0 aliphatic rings. The number of nitrogens with one attached hydrogen (secondary N) is 1. The summed E-state index contributed by atoms with van der Waals surface area (Å²) in [5.74, 6) is 0.510. The number of rotatable bonds is 5. The molecule has 0 bridgehead atoms. The van der Waals surface area contributed by atoms with Gasteiger partial charge in [0, 0.05) is 7.05 Å². The summed E-state index contributed by atoms with van der Waals surface area (Å²) in [4.78, 5) is 11.9. The zero-order chi connectivity index (χ0) is 15.4. The van der Waals surface area contributed by atoms with Gasteiger partial charge in [-0.15, -0.1) is 0 Å². The van der Waals surface area contributed by atoms with E-state index < -0.39 is 0 Å². The summed E-state index contributed by atoms with van der Waals surface area (Å²) in [6, 6.07) is 7.77. The third kappa shape index (κ3) is 3.62. The van der Waals surface area contributed by atoms with Crippen LogP contribution in [0.1, 0.15) is 23.9 Å². The Labute approximate surface area is 124 Å². The van der Waals surface area contributed by atoms with E-state index >= 15 is 0 Å². The first-order valence-electron chi connectivity index (χ1n) is 7.03. The molecule has 0 saturated carbocycles. The third-order valence-corrected chi connectivity index (χ3v) is 3.47. The molecular weight excluding hydrogens is 266 g/mol. The lowest BCUT2D eigenvalue weighted by Gasteiger charge is -2.08. The average molecular weight is 287 g/mol. The summed E-state index contributed by atoms with van der Waals surface area (Å²) in [7, 11) is 1.85. The summed E-state index contributed by atoms with van der Waals surface area (Å²) in [5.41, 5.74) is 3.73. The van der Waals surface area contributed by atoms with Crippen LogP contribution in [-0.2, 0) is 18.3 Å². The van der Waals surface area contributed by atoms with Gasteiger partial charge < -0.3 is 10.1 Å². The van der Waals surface area contributed by atoms with E-state index in [9.17, 15) is 4.79 Å². The van der Waals surface area contributed by atoms with E-state index in [4.69, 9.17) is 4.74 Å². The highest BCUT2D eigenvalue weighted by Gasteiger charge is 2.12. The van der Waals surface area contributed by atoms with E-state index in [0.29, 0.717) is 5.75 Å². The monoisotopic (exact) mass is 287 g/mol. The van der Waals surface area contributed by atoms with Crippen molar-refractivity contribution in [3.63, 3.8) is 0 Å². The molecule has 1 amide bonds. The number of aromatic nitrogens is 2. The first-order chi connectivity index (χ1) is 10.0. The molecule has 1 aromatic heterocycles. The van der Waals surface area contributed by atoms with E-state index in [0.717, 1.165) is 23.5 Å². The summed E-state index contributed by atoms with van der Waals surface area (Å²) in [6.07, 6.45) is 0.986. The zero-order valence-corrected chi connectivity index (χ0v) is 12.9. The van der Waals surface area contributed by atoms with Crippen LogP contribution in [0.25, 0.3) is 0 Å². The number of nitrogens with zero attached hydrogens (tertiary/aromatic N) is 2. The second-order valence-electron chi connectivity index (χ2n) is 5.00. The molecule has 2 aromatic rings. The minimum atomic E-state index is -0.186. The average Bonchev–Trinajstić information content (AvgIpc) is 2.72. The molecule has 0 atom stereocenters. The molecule has 5 heteroatoms. The molecule has 1 N–H and O–H groups in total. The van der Waals surface area contributed by atoms with Crippen LogP contribution in [-0.4, -0.2) is 22.3 Å². The summed E-state index contributed by atoms with van der Waals surface area (Å²) in [6.45, 7) is 5.87. The first-order valence-corrected chi connectivity index (χ1v) is 7.03. The van der Waals surface area contributed by atoms with Gasteiger partial charge >= 0.3 is 0 Å². The van der Waals surface area contributed by atoms with Gasteiger partial charge in [-0.25, -0.2) is 0 Å². The van der Waals surface area contributed by atoms with E-state index in [-0.39, 0.29) is 12.5 Å². The van der Waals surface area contributed by atoms with Crippen molar-refractivity contribution in [3.8, 4) is 5.75 Å². The number of amides is 1. The van der Waals surface area contributed by atoms with Gasteiger partial charge in [0.2, 0.25) is 0 Å². The zero-order valence-electron chi connectivity index (χ0n) is 12.9. The van der Waals surface area contributed by atoms with Crippen molar-refractivity contribution in [1.29, 1.82) is 0 Å². The molecule has 5 nitrogen and oxygen atoms in total. The summed E-state index contributed by atoms with van der Waals surface area (Å²) < 4.78 is 7.23. The van der Waals surface area contributed by atoms with Crippen LogP contribution in [0.3, 0.4) is 0 Å². The molecule has 1 heterocycles. The lowest BCUT2D eigenvalue weighted by molar-refractivity contribution is -0.118. The Morgan fingerprint density at radius 3 is 2.48 bits per heavy atom. The van der Waals surface area contributed by atoms with Gasteiger partial charge in [0.05, 0.1) is 17.1 Å². The molecule has 0 unspecified atom stereocenters. The van der Waals surface area contributed by atoms with Gasteiger partial charge in [0.1, 0.15) is 5.75 Å². The maximum absolute atomic E-state index is 11.9. The molecule has 0 fully saturated rings. The Hall–Kier alpha value is -2.30. The van der Waals surface area contributed by atoms with Crippen LogP contribution in [0.5, 0.6) is 5.75 Å². The van der Waals surface area contributed by atoms with Crippen molar-refractivity contribution < 1.29 is 9.53 Å². The van der Waals surface area contributed by atoms with E-state index in [1.165, 1.54) is 5.56 Å². The number of carbonyl (C=O) groups is 1. The van der Waals surface area contributed by atoms with Crippen LogP contribution in [0.15, 0.2) is 24.3 Å². The Balaban J connectivity index is 1.92. The van der Waals surface area contributed by atoms with Gasteiger partial charge in [-0.1, -0.05) is 19.1 Å². The quantitative estimate of drug-likeness (QED) is 0.919. The Bertz CT molecular complexity index is 630. The van der Waals surface area contributed by atoms with E-state index in [1.54, 1.807) is 4.68 Å². The SMILES string of the molecule is CCc1ccc(OCC(=O)Nc2c(C)nn(C)c2C)cc1. The van der Waals surface area contributed by atoms with Crippen molar-refractivity contribution in [2.75, 3.05) is 11.9 Å². The Morgan fingerprint density at radius 2 is 1.95 bits per heavy atom. The molecule has 0 aliphatic heterocycles. The van der Waals surface area contributed by atoms with Crippen molar-refractivity contribution in [3.05, 3.63) is 41.2 Å². The number of hydrogen-bond acceptors (Lipinski definition) is 3. The number of hydrogen-bond donors (Lipinski definition) is 1. The van der Waals surface area contributed by atoms with E-state index in [1.807, 2.05) is 45.2 Å². The topological polar surface area (TPSA) is 56.1 Å². The van der Waals surface area contributed by atoms with Crippen molar-refractivity contribution in [2.24, 2.45) is 7.05 Å². The van der Waals surface area contributed by atoms with Crippen LogP contribution in [0, 0.1) is 13.8 Å².